The Kier molecular flexibility index (Phi) is 6.18. The maximum atomic E-state index is 12.7. The standard InChI is InChI=1S/C21H24BrClN4O4/c1-10-9-27(20(30)31-21(3,4)5)11(2)8-26(10)17-12-6-14(23)15(22)18(28)16(12)25-19(29)13(17)7-24/h6,10-11,28H,8-9H2,1-5H3,(H,25,29)/t10-,11+/m0/s1. The molecular formula is C21H24BrClN4O4. The Morgan fingerprint density at radius 3 is 2.55 bits per heavy atom. The molecule has 3 rings (SSSR count). The van der Waals surface area contributed by atoms with Gasteiger partial charge in [0.2, 0.25) is 5.88 Å². The van der Waals surface area contributed by atoms with Crippen LogP contribution < -0.4 is 4.90 Å². The van der Waals surface area contributed by atoms with Gasteiger partial charge in [0.1, 0.15) is 22.8 Å². The minimum Gasteiger partial charge on any atom is -0.504 e. The Labute approximate surface area is 194 Å². The number of nitriles is 1. The van der Waals surface area contributed by atoms with Crippen molar-refractivity contribution in [2.45, 2.75) is 52.3 Å². The van der Waals surface area contributed by atoms with Crippen LogP contribution in [0.25, 0.3) is 10.9 Å². The summed E-state index contributed by atoms with van der Waals surface area (Å²) in [5, 5.41) is 31.4. The van der Waals surface area contributed by atoms with Crippen LogP contribution >= 0.6 is 27.5 Å². The summed E-state index contributed by atoms with van der Waals surface area (Å²) in [7, 11) is 0. The number of ether oxygens (including phenoxy) is 1. The number of fused-ring (bicyclic) bond motifs is 1. The molecule has 1 aliphatic heterocycles. The third-order valence-electron chi connectivity index (χ3n) is 5.11. The first-order valence-electron chi connectivity index (χ1n) is 9.75. The lowest BCUT2D eigenvalue weighted by atomic mass is 10.0. The fraction of sp³-hybridized carbons (Fsp3) is 0.476. The molecular weight excluding hydrogens is 488 g/mol. The van der Waals surface area contributed by atoms with E-state index >= 15 is 0 Å². The van der Waals surface area contributed by atoms with Crippen molar-refractivity contribution in [1.29, 1.82) is 5.26 Å². The summed E-state index contributed by atoms with van der Waals surface area (Å²) in [5.41, 5.74) is -0.0925. The molecule has 10 heteroatoms. The molecule has 0 aliphatic carbocycles. The van der Waals surface area contributed by atoms with Gasteiger partial charge in [-0.2, -0.15) is 5.26 Å². The number of nitrogens with zero attached hydrogens (tertiary/aromatic N) is 4. The van der Waals surface area contributed by atoms with Crippen LogP contribution in [-0.4, -0.2) is 57.0 Å². The summed E-state index contributed by atoms with van der Waals surface area (Å²) < 4.78 is 5.78. The molecule has 166 valence electrons. The monoisotopic (exact) mass is 510 g/mol. The molecule has 8 nitrogen and oxygen atoms in total. The van der Waals surface area contributed by atoms with Crippen molar-refractivity contribution in [1.82, 2.24) is 9.88 Å². The first kappa shape index (κ1) is 23.2. The van der Waals surface area contributed by atoms with E-state index in [9.17, 15) is 20.3 Å². The maximum Gasteiger partial charge on any atom is 0.410 e. The van der Waals surface area contributed by atoms with Crippen LogP contribution in [0.4, 0.5) is 10.5 Å². The Balaban J connectivity index is 2.10. The number of phenols is 1. The zero-order valence-corrected chi connectivity index (χ0v) is 20.2. The summed E-state index contributed by atoms with van der Waals surface area (Å²) in [6, 6.07) is 3.16. The number of carbonyl (C=O) groups is 1. The summed E-state index contributed by atoms with van der Waals surface area (Å²) in [6.45, 7) is 9.97. The Bertz CT molecular complexity index is 1100. The summed E-state index contributed by atoms with van der Waals surface area (Å²) in [4.78, 5) is 20.3. The predicted octanol–water partition coefficient (Wildman–Crippen LogP) is 4.77. The quantitative estimate of drug-likeness (QED) is 0.567. The topological polar surface area (TPSA) is 110 Å². The van der Waals surface area contributed by atoms with Crippen LogP contribution in [-0.2, 0) is 4.74 Å². The third-order valence-corrected chi connectivity index (χ3v) is 6.44. The number of piperazine rings is 1. The first-order chi connectivity index (χ1) is 14.4. The average Bonchev–Trinajstić information content (AvgIpc) is 2.66. The lowest BCUT2D eigenvalue weighted by molar-refractivity contribution is 0.0130. The summed E-state index contributed by atoms with van der Waals surface area (Å²) >= 11 is 9.47. The fourth-order valence-electron chi connectivity index (χ4n) is 3.71. The number of benzene rings is 1. The van der Waals surface area contributed by atoms with Crippen LogP contribution in [0.2, 0.25) is 5.02 Å². The minimum atomic E-state index is -0.611. The molecule has 2 heterocycles. The molecule has 2 aromatic rings. The third kappa shape index (κ3) is 4.32. The molecule has 2 N–H and O–H groups in total. The highest BCUT2D eigenvalue weighted by Gasteiger charge is 2.37. The van der Waals surface area contributed by atoms with Gasteiger partial charge in [0.05, 0.1) is 15.2 Å². The molecule has 31 heavy (non-hydrogen) atoms. The highest BCUT2D eigenvalue weighted by molar-refractivity contribution is 9.10. The van der Waals surface area contributed by atoms with E-state index in [4.69, 9.17) is 16.3 Å². The van der Waals surface area contributed by atoms with Crippen molar-refractivity contribution in [3.63, 3.8) is 0 Å². The minimum absolute atomic E-state index is 0.0185. The van der Waals surface area contributed by atoms with E-state index < -0.39 is 17.6 Å². The number of hydrogen-bond acceptors (Lipinski definition) is 7. The van der Waals surface area contributed by atoms with Crippen molar-refractivity contribution >= 4 is 50.2 Å². The van der Waals surface area contributed by atoms with Gasteiger partial charge in [0.15, 0.2) is 5.75 Å². The van der Waals surface area contributed by atoms with E-state index in [0.29, 0.717) is 24.2 Å². The number of halogens is 2. The number of hydrogen-bond donors (Lipinski definition) is 2. The number of anilines is 1. The van der Waals surface area contributed by atoms with Crippen LogP contribution in [0, 0.1) is 11.3 Å². The largest absolute Gasteiger partial charge is 0.504 e. The van der Waals surface area contributed by atoms with Crippen molar-refractivity contribution in [2.24, 2.45) is 0 Å². The number of aromatic nitrogens is 1. The second-order valence-electron chi connectivity index (χ2n) is 8.67. The maximum absolute atomic E-state index is 12.7. The van der Waals surface area contributed by atoms with Gasteiger partial charge >= 0.3 is 6.09 Å². The van der Waals surface area contributed by atoms with Crippen LogP contribution in [0.15, 0.2) is 10.5 Å². The van der Waals surface area contributed by atoms with E-state index in [-0.39, 0.29) is 38.4 Å². The van der Waals surface area contributed by atoms with Crippen molar-refractivity contribution < 1.29 is 19.7 Å². The van der Waals surface area contributed by atoms with Gasteiger partial charge in [-0.05, 0) is 56.6 Å². The van der Waals surface area contributed by atoms with Gasteiger partial charge < -0.3 is 24.7 Å². The van der Waals surface area contributed by atoms with E-state index in [1.54, 1.807) is 11.0 Å². The van der Waals surface area contributed by atoms with Crippen molar-refractivity contribution in [2.75, 3.05) is 18.0 Å². The van der Waals surface area contributed by atoms with Gasteiger partial charge in [0, 0.05) is 30.6 Å². The van der Waals surface area contributed by atoms with Crippen LogP contribution in [0.3, 0.4) is 0 Å². The average molecular weight is 512 g/mol. The fourth-order valence-corrected chi connectivity index (χ4v) is 4.21. The summed E-state index contributed by atoms with van der Waals surface area (Å²) in [5.74, 6) is -0.708. The molecule has 1 fully saturated rings. The molecule has 0 spiro atoms. The number of phenolic OH excluding ortho intramolecular Hbond substituents is 1. The van der Waals surface area contributed by atoms with Crippen molar-refractivity contribution in [3.8, 4) is 17.7 Å². The highest BCUT2D eigenvalue weighted by atomic mass is 79.9. The smallest absolute Gasteiger partial charge is 0.410 e. The molecule has 0 bridgehead atoms. The number of pyridine rings is 1. The molecule has 1 amide bonds. The van der Waals surface area contributed by atoms with Gasteiger partial charge in [-0.3, -0.25) is 0 Å². The van der Waals surface area contributed by atoms with Crippen molar-refractivity contribution in [3.05, 3.63) is 21.1 Å². The van der Waals surface area contributed by atoms with Gasteiger partial charge in [-0.15, -0.1) is 0 Å². The van der Waals surface area contributed by atoms with E-state index in [1.807, 2.05) is 45.6 Å². The van der Waals surface area contributed by atoms with Gasteiger partial charge in [-0.25, -0.2) is 9.78 Å². The number of carbonyl (C=O) groups excluding carboxylic acids is 1. The second-order valence-corrected chi connectivity index (χ2v) is 9.87. The molecule has 1 aliphatic rings. The van der Waals surface area contributed by atoms with E-state index in [2.05, 4.69) is 20.9 Å². The molecule has 0 radical (unpaired) electrons. The second kappa shape index (κ2) is 8.24. The lowest BCUT2D eigenvalue weighted by Gasteiger charge is -2.45. The van der Waals surface area contributed by atoms with E-state index in [1.165, 1.54) is 0 Å². The molecule has 2 atom stereocenters. The zero-order chi connectivity index (χ0) is 23.2. The molecule has 1 aromatic carbocycles. The SMILES string of the molecule is C[C@@H]1CN(c2c(C#N)c(O)nc3c(O)c(Br)c(Cl)cc23)[C@@H](C)CN1C(=O)OC(C)(C)C. The molecule has 1 aromatic heterocycles. The molecule has 0 unspecified atom stereocenters. The Morgan fingerprint density at radius 2 is 1.97 bits per heavy atom. The normalized spacial score (nSPS) is 19.4. The number of amides is 1. The van der Waals surface area contributed by atoms with Gasteiger partial charge in [0.25, 0.3) is 0 Å². The van der Waals surface area contributed by atoms with Gasteiger partial charge in [-0.1, -0.05) is 11.6 Å². The number of aromatic hydroxyl groups is 2. The van der Waals surface area contributed by atoms with Crippen LogP contribution in [0.5, 0.6) is 11.6 Å². The first-order valence-corrected chi connectivity index (χ1v) is 10.9. The van der Waals surface area contributed by atoms with E-state index in [0.717, 1.165) is 0 Å². The Morgan fingerprint density at radius 1 is 1.32 bits per heavy atom. The predicted molar refractivity (Wildman–Crippen MR) is 122 cm³/mol. The highest BCUT2D eigenvalue weighted by Crippen LogP contribution is 2.45. The summed E-state index contributed by atoms with van der Waals surface area (Å²) in [6.07, 6.45) is -0.404. The molecule has 0 saturated carbocycles. The molecule has 1 saturated heterocycles. The Hall–Kier alpha value is -2.44. The number of rotatable bonds is 1. The lowest BCUT2D eigenvalue weighted by Crippen LogP contribution is -2.59. The zero-order valence-electron chi connectivity index (χ0n) is 17.9. The van der Waals surface area contributed by atoms with Crippen LogP contribution in [0.1, 0.15) is 40.2 Å².